The van der Waals surface area contributed by atoms with Crippen LogP contribution in [-0.2, 0) is 0 Å². The third kappa shape index (κ3) is 2.82. The molecule has 0 saturated heterocycles. The van der Waals surface area contributed by atoms with E-state index in [2.05, 4.69) is 15.3 Å². The number of rotatable bonds is 4. The number of phenols is 1. The number of fused-ring (bicyclic) bond motifs is 1. The van der Waals surface area contributed by atoms with Crippen LogP contribution in [0.4, 0.5) is 10.2 Å². The number of nitrogens with zero attached hydrogens (tertiary/aromatic N) is 2. The summed E-state index contributed by atoms with van der Waals surface area (Å²) < 4.78 is 13.6. The Morgan fingerprint density at radius 1 is 1.13 bits per heavy atom. The Labute approximate surface area is 133 Å². The van der Waals surface area contributed by atoms with Gasteiger partial charge in [0.15, 0.2) is 5.82 Å². The van der Waals surface area contributed by atoms with Crippen molar-refractivity contribution in [2.75, 3.05) is 11.9 Å². The number of anilines is 1. The molecular weight excluding hydrogens is 293 g/mol. The minimum Gasteiger partial charge on any atom is -0.507 e. The van der Waals surface area contributed by atoms with E-state index in [9.17, 15) is 9.50 Å². The van der Waals surface area contributed by atoms with Gasteiger partial charge in [-0.3, -0.25) is 0 Å². The SMILES string of the molecule is Oc1ccccc1-c1nc(NCC2CC2)c2cc(F)ccc2n1. The van der Waals surface area contributed by atoms with Crippen LogP contribution in [0.2, 0.25) is 0 Å². The summed E-state index contributed by atoms with van der Waals surface area (Å²) in [7, 11) is 0. The highest BCUT2D eigenvalue weighted by molar-refractivity contribution is 5.91. The van der Waals surface area contributed by atoms with Gasteiger partial charge < -0.3 is 10.4 Å². The molecule has 0 amide bonds. The minimum absolute atomic E-state index is 0.127. The van der Waals surface area contributed by atoms with Crippen LogP contribution in [0.5, 0.6) is 5.75 Å². The summed E-state index contributed by atoms with van der Waals surface area (Å²) >= 11 is 0. The maximum Gasteiger partial charge on any atom is 0.165 e. The summed E-state index contributed by atoms with van der Waals surface area (Å²) in [5.74, 6) is 1.52. The van der Waals surface area contributed by atoms with Crippen LogP contribution >= 0.6 is 0 Å². The molecule has 1 aromatic heterocycles. The Hall–Kier alpha value is -2.69. The first kappa shape index (κ1) is 13.9. The normalized spacial score (nSPS) is 14.1. The molecular formula is C18H16FN3O. The van der Waals surface area contributed by atoms with Crippen LogP contribution in [0.15, 0.2) is 42.5 Å². The summed E-state index contributed by atoms with van der Waals surface area (Å²) in [5.41, 5.74) is 1.21. The van der Waals surface area contributed by atoms with E-state index in [-0.39, 0.29) is 11.6 Å². The summed E-state index contributed by atoms with van der Waals surface area (Å²) in [6.07, 6.45) is 2.44. The summed E-state index contributed by atoms with van der Waals surface area (Å²) in [6, 6.07) is 11.4. The molecule has 0 spiro atoms. The van der Waals surface area contributed by atoms with E-state index < -0.39 is 0 Å². The molecule has 0 unspecified atom stereocenters. The lowest BCUT2D eigenvalue weighted by Gasteiger charge is -2.11. The molecule has 2 N–H and O–H groups in total. The lowest BCUT2D eigenvalue weighted by atomic mass is 10.1. The van der Waals surface area contributed by atoms with Crippen LogP contribution in [0.3, 0.4) is 0 Å². The van der Waals surface area contributed by atoms with Gasteiger partial charge in [-0.2, -0.15) is 0 Å². The first-order valence-electron chi connectivity index (χ1n) is 7.70. The average molecular weight is 309 g/mol. The van der Waals surface area contributed by atoms with Gasteiger partial charge in [-0.25, -0.2) is 14.4 Å². The zero-order valence-electron chi connectivity index (χ0n) is 12.5. The van der Waals surface area contributed by atoms with Crippen LogP contribution in [-0.4, -0.2) is 21.6 Å². The summed E-state index contributed by atoms with van der Waals surface area (Å²) in [4.78, 5) is 9.00. The molecule has 0 bridgehead atoms. The van der Waals surface area contributed by atoms with Gasteiger partial charge in [0.1, 0.15) is 17.4 Å². The molecule has 116 valence electrons. The van der Waals surface area contributed by atoms with Crippen molar-refractivity contribution < 1.29 is 9.50 Å². The number of aromatic nitrogens is 2. The maximum atomic E-state index is 13.6. The molecule has 23 heavy (non-hydrogen) atoms. The number of aromatic hydroxyl groups is 1. The monoisotopic (exact) mass is 309 g/mol. The predicted octanol–water partition coefficient (Wildman–Crippen LogP) is 3.96. The summed E-state index contributed by atoms with van der Waals surface area (Å²) in [5, 5.41) is 14.0. The van der Waals surface area contributed by atoms with E-state index in [4.69, 9.17) is 0 Å². The van der Waals surface area contributed by atoms with Gasteiger partial charge in [-0.1, -0.05) is 12.1 Å². The first-order chi connectivity index (χ1) is 11.2. The predicted molar refractivity (Wildman–Crippen MR) is 87.8 cm³/mol. The Bertz CT molecular complexity index is 877. The Morgan fingerprint density at radius 2 is 1.96 bits per heavy atom. The number of hydrogen-bond acceptors (Lipinski definition) is 4. The van der Waals surface area contributed by atoms with Gasteiger partial charge in [0.25, 0.3) is 0 Å². The molecule has 0 radical (unpaired) electrons. The molecule has 1 heterocycles. The molecule has 4 rings (SSSR count). The second-order valence-corrected chi connectivity index (χ2v) is 5.90. The molecule has 2 aromatic carbocycles. The molecule has 3 aromatic rings. The van der Waals surface area contributed by atoms with Gasteiger partial charge in [0.05, 0.1) is 11.1 Å². The molecule has 1 aliphatic rings. The van der Waals surface area contributed by atoms with E-state index in [1.807, 2.05) is 6.07 Å². The third-order valence-corrected chi connectivity index (χ3v) is 4.06. The fourth-order valence-corrected chi connectivity index (χ4v) is 2.58. The zero-order chi connectivity index (χ0) is 15.8. The Balaban J connectivity index is 1.85. The average Bonchev–Trinajstić information content (AvgIpc) is 3.37. The van der Waals surface area contributed by atoms with Crippen molar-refractivity contribution in [2.24, 2.45) is 5.92 Å². The number of hydrogen-bond donors (Lipinski definition) is 2. The Morgan fingerprint density at radius 3 is 2.74 bits per heavy atom. The molecule has 1 fully saturated rings. The first-order valence-corrected chi connectivity index (χ1v) is 7.70. The molecule has 1 aliphatic carbocycles. The van der Waals surface area contributed by atoms with Crippen LogP contribution < -0.4 is 5.32 Å². The minimum atomic E-state index is -0.314. The second-order valence-electron chi connectivity index (χ2n) is 5.90. The van der Waals surface area contributed by atoms with Gasteiger partial charge in [0.2, 0.25) is 0 Å². The molecule has 1 saturated carbocycles. The van der Waals surface area contributed by atoms with Crippen molar-refractivity contribution in [1.29, 1.82) is 0 Å². The molecule has 5 heteroatoms. The molecule has 0 atom stereocenters. The van der Waals surface area contributed by atoms with Gasteiger partial charge in [0, 0.05) is 11.9 Å². The van der Waals surface area contributed by atoms with Gasteiger partial charge in [-0.05, 0) is 49.1 Å². The highest BCUT2D eigenvalue weighted by atomic mass is 19.1. The highest BCUT2D eigenvalue weighted by Crippen LogP contribution is 2.32. The van der Waals surface area contributed by atoms with Gasteiger partial charge in [-0.15, -0.1) is 0 Å². The summed E-state index contributed by atoms with van der Waals surface area (Å²) in [6.45, 7) is 0.822. The zero-order valence-corrected chi connectivity index (χ0v) is 12.5. The van der Waals surface area contributed by atoms with E-state index in [0.29, 0.717) is 34.0 Å². The van der Waals surface area contributed by atoms with E-state index >= 15 is 0 Å². The van der Waals surface area contributed by atoms with Crippen molar-refractivity contribution in [3.05, 3.63) is 48.3 Å². The number of nitrogens with one attached hydrogen (secondary N) is 1. The number of para-hydroxylation sites is 1. The van der Waals surface area contributed by atoms with E-state index in [0.717, 1.165) is 6.54 Å². The largest absolute Gasteiger partial charge is 0.507 e. The molecule has 4 nitrogen and oxygen atoms in total. The third-order valence-electron chi connectivity index (χ3n) is 4.06. The number of phenolic OH excluding ortho intramolecular Hbond substituents is 1. The quantitative estimate of drug-likeness (QED) is 0.766. The van der Waals surface area contributed by atoms with Gasteiger partial charge >= 0.3 is 0 Å². The highest BCUT2D eigenvalue weighted by Gasteiger charge is 2.21. The molecule has 0 aliphatic heterocycles. The fraction of sp³-hybridized carbons (Fsp3) is 0.222. The van der Waals surface area contributed by atoms with Crippen molar-refractivity contribution in [3.8, 4) is 17.1 Å². The lowest BCUT2D eigenvalue weighted by Crippen LogP contribution is -2.07. The lowest BCUT2D eigenvalue weighted by molar-refractivity contribution is 0.477. The maximum absolute atomic E-state index is 13.6. The van der Waals surface area contributed by atoms with Crippen molar-refractivity contribution in [1.82, 2.24) is 9.97 Å². The standard InChI is InChI=1S/C18H16FN3O/c19-12-7-8-15-14(9-12)17(20-10-11-5-6-11)22-18(21-15)13-3-1-2-4-16(13)23/h1-4,7-9,11,23H,5-6,10H2,(H,20,21,22). The topological polar surface area (TPSA) is 58.0 Å². The smallest absolute Gasteiger partial charge is 0.165 e. The number of halogens is 1. The Kier molecular flexibility index (Phi) is 3.33. The van der Waals surface area contributed by atoms with Crippen molar-refractivity contribution in [2.45, 2.75) is 12.8 Å². The van der Waals surface area contributed by atoms with E-state index in [1.54, 1.807) is 24.3 Å². The van der Waals surface area contributed by atoms with E-state index in [1.165, 1.54) is 25.0 Å². The van der Waals surface area contributed by atoms with Crippen LogP contribution in [0.25, 0.3) is 22.3 Å². The van der Waals surface area contributed by atoms with Crippen LogP contribution in [0.1, 0.15) is 12.8 Å². The second kappa shape index (κ2) is 5.50. The van der Waals surface area contributed by atoms with Crippen molar-refractivity contribution in [3.63, 3.8) is 0 Å². The fourth-order valence-electron chi connectivity index (χ4n) is 2.58. The van der Waals surface area contributed by atoms with Crippen molar-refractivity contribution >= 4 is 16.7 Å². The van der Waals surface area contributed by atoms with Crippen LogP contribution in [0, 0.1) is 11.7 Å². The number of benzene rings is 2.